The Morgan fingerprint density at radius 2 is 1.89 bits per heavy atom. The first-order valence-corrected chi connectivity index (χ1v) is 12.6. The zero-order valence-corrected chi connectivity index (χ0v) is 20.2. The van der Waals surface area contributed by atoms with Gasteiger partial charge in [0.1, 0.15) is 0 Å². The van der Waals surface area contributed by atoms with Crippen molar-refractivity contribution in [1.29, 1.82) is 0 Å². The number of alkyl halides is 2. The number of aromatic nitrogens is 2. The van der Waals surface area contributed by atoms with Gasteiger partial charge in [-0.1, -0.05) is 11.6 Å². The molecule has 4 rings (SSSR count). The van der Waals surface area contributed by atoms with Gasteiger partial charge in [-0.2, -0.15) is 0 Å². The molecule has 2 aromatic heterocycles. The van der Waals surface area contributed by atoms with Crippen molar-refractivity contribution in [2.45, 2.75) is 19.3 Å². The van der Waals surface area contributed by atoms with E-state index in [1.165, 1.54) is 46.1 Å². The minimum absolute atomic E-state index is 0.0846. The number of amides is 1. The number of hydrogen-bond donors (Lipinski definition) is 2. The minimum atomic E-state index is -3.55. The molecular weight excluding hydrogens is 507 g/mol. The number of halogens is 4. The number of benzene rings is 1. The van der Waals surface area contributed by atoms with E-state index < -0.39 is 34.2 Å². The van der Waals surface area contributed by atoms with Crippen LogP contribution in [-0.2, 0) is 10.0 Å². The lowest BCUT2D eigenvalue weighted by atomic mass is 10.2. The summed E-state index contributed by atoms with van der Waals surface area (Å²) in [5.41, 5.74) is 1.36. The number of pyridine rings is 1. The molecule has 0 radical (unpaired) electrons. The molecule has 0 unspecified atom stereocenters. The number of aryl methyl sites for hydroxylation is 1. The molecule has 3 heterocycles. The summed E-state index contributed by atoms with van der Waals surface area (Å²) in [6, 6.07) is 6.90. The highest BCUT2D eigenvalue weighted by atomic mass is 35.5. The van der Waals surface area contributed by atoms with Crippen molar-refractivity contribution in [3.63, 3.8) is 0 Å². The summed E-state index contributed by atoms with van der Waals surface area (Å²) in [5, 5.41) is 2.82. The number of anilines is 3. The van der Waals surface area contributed by atoms with E-state index in [0.29, 0.717) is 5.69 Å². The number of nitrogens with one attached hydrogen (secondary N) is 2. The van der Waals surface area contributed by atoms with Crippen LogP contribution in [0.1, 0.15) is 22.5 Å². The standard InChI is InChI=1S/C22H21ClF3N5O3S/c1-13-5-14(21(32)28-16-6-15(23)7-17(8-16)29-35(2,33)34)11-31(13)20-19(24)9-18(10-27-20)30-4-3-22(25,26)12-30/h5-11,29H,3-4,12H2,1-2H3,(H,28,32). The maximum Gasteiger partial charge on any atom is 0.266 e. The monoisotopic (exact) mass is 527 g/mol. The smallest absolute Gasteiger partial charge is 0.266 e. The van der Waals surface area contributed by atoms with Gasteiger partial charge in [0.25, 0.3) is 11.8 Å². The van der Waals surface area contributed by atoms with Gasteiger partial charge in [-0.05, 0) is 31.2 Å². The fourth-order valence-electron chi connectivity index (χ4n) is 3.79. The van der Waals surface area contributed by atoms with Gasteiger partial charge in [0.05, 0.1) is 35.9 Å². The first kappa shape index (κ1) is 24.9. The van der Waals surface area contributed by atoms with Gasteiger partial charge in [0, 0.05) is 41.6 Å². The van der Waals surface area contributed by atoms with E-state index in [9.17, 15) is 26.4 Å². The normalized spacial score (nSPS) is 15.3. The molecule has 0 aliphatic carbocycles. The third-order valence-corrected chi connectivity index (χ3v) is 6.13. The largest absolute Gasteiger partial charge is 0.364 e. The topological polar surface area (TPSA) is 96.3 Å². The molecule has 13 heteroatoms. The number of rotatable bonds is 6. The molecule has 8 nitrogen and oxygen atoms in total. The Morgan fingerprint density at radius 3 is 2.51 bits per heavy atom. The highest BCUT2D eigenvalue weighted by molar-refractivity contribution is 7.92. The van der Waals surface area contributed by atoms with Gasteiger partial charge in [-0.15, -0.1) is 0 Å². The molecule has 0 bridgehead atoms. The minimum Gasteiger partial charge on any atom is -0.364 e. The SMILES string of the molecule is Cc1cc(C(=O)Nc2cc(Cl)cc(NS(C)(=O)=O)c2)cn1-c1ncc(N2CCC(F)(F)C2)cc1F. The summed E-state index contributed by atoms with van der Waals surface area (Å²) in [7, 11) is -3.55. The molecule has 3 aromatic rings. The average Bonchev–Trinajstić information content (AvgIpc) is 3.28. The summed E-state index contributed by atoms with van der Waals surface area (Å²) in [6.45, 7) is 1.26. The summed E-state index contributed by atoms with van der Waals surface area (Å²) < 4.78 is 68.5. The second-order valence-electron chi connectivity index (χ2n) is 8.32. The van der Waals surface area contributed by atoms with E-state index in [1.807, 2.05) is 0 Å². The Hall–Kier alpha value is -3.25. The second-order valence-corrected chi connectivity index (χ2v) is 10.5. The molecule has 35 heavy (non-hydrogen) atoms. The number of sulfonamides is 1. The van der Waals surface area contributed by atoms with Crippen LogP contribution >= 0.6 is 11.6 Å². The van der Waals surface area contributed by atoms with E-state index >= 15 is 0 Å². The van der Waals surface area contributed by atoms with Crippen LogP contribution in [0.5, 0.6) is 0 Å². The third-order valence-electron chi connectivity index (χ3n) is 5.30. The number of nitrogens with zero attached hydrogens (tertiary/aromatic N) is 3. The Morgan fingerprint density at radius 1 is 1.17 bits per heavy atom. The van der Waals surface area contributed by atoms with Crippen molar-refractivity contribution in [1.82, 2.24) is 9.55 Å². The van der Waals surface area contributed by atoms with Crippen molar-refractivity contribution in [3.05, 3.63) is 64.8 Å². The molecule has 0 spiro atoms. The van der Waals surface area contributed by atoms with Crippen LogP contribution in [0.15, 0.2) is 42.7 Å². The Balaban J connectivity index is 1.55. The van der Waals surface area contributed by atoms with Crippen molar-refractivity contribution in [3.8, 4) is 5.82 Å². The fraction of sp³-hybridized carbons (Fsp3) is 0.273. The van der Waals surface area contributed by atoms with E-state index in [2.05, 4.69) is 15.0 Å². The lowest BCUT2D eigenvalue weighted by molar-refractivity contribution is 0.0257. The van der Waals surface area contributed by atoms with E-state index in [1.54, 1.807) is 6.92 Å². The zero-order chi connectivity index (χ0) is 25.5. The predicted molar refractivity (Wildman–Crippen MR) is 128 cm³/mol. The van der Waals surface area contributed by atoms with E-state index in [-0.39, 0.29) is 46.4 Å². The van der Waals surface area contributed by atoms with Crippen molar-refractivity contribution < 1.29 is 26.4 Å². The first-order chi connectivity index (χ1) is 16.3. The lowest BCUT2D eigenvalue weighted by Crippen LogP contribution is -2.25. The fourth-order valence-corrected chi connectivity index (χ4v) is 4.57. The Kier molecular flexibility index (Phi) is 6.45. The number of hydrogen-bond acceptors (Lipinski definition) is 5. The van der Waals surface area contributed by atoms with Gasteiger partial charge in [-0.3, -0.25) is 9.52 Å². The molecule has 1 aliphatic heterocycles. The van der Waals surface area contributed by atoms with Crippen LogP contribution in [0.4, 0.5) is 30.2 Å². The van der Waals surface area contributed by atoms with Crippen LogP contribution < -0.4 is 14.9 Å². The van der Waals surface area contributed by atoms with E-state index in [0.717, 1.165) is 12.3 Å². The Labute approximate surface area is 204 Å². The molecule has 186 valence electrons. The second kappa shape index (κ2) is 9.08. The molecule has 1 saturated heterocycles. The average molecular weight is 528 g/mol. The first-order valence-electron chi connectivity index (χ1n) is 10.4. The van der Waals surface area contributed by atoms with Gasteiger partial charge in [0.2, 0.25) is 10.0 Å². The molecule has 1 amide bonds. The maximum absolute atomic E-state index is 14.9. The highest BCUT2D eigenvalue weighted by Gasteiger charge is 2.38. The quantitative estimate of drug-likeness (QED) is 0.494. The van der Waals surface area contributed by atoms with Gasteiger partial charge in [-0.25, -0.2) is 26.6 Å². The van der Waals surface area contributed by atoms with Crippen molar-refractivity contribution in [2.24, 2.45) is 0 Å². The molecule has 0 atom stereocenters. The van der Waals surface area contributed by atoms with Crippen molar-refractivity contribution >= 4 is 44.6 Å². The molecular formula is C22H21ClF3N5O3S. The summed E-state index contributed by atoms with van der Waals surface area (Å²) in [5.74, 6) is -4.18. The summed E-state index contributed by atoms with van der Waals surface area (Å²) in [6.07, 6.45) is 3.39. The molecule has 2 N–H and O–H groups in total. The highest BCUT2D eigenvalue weighted by Crippen LogP contribution is 2.31. The summed E-state index contributed by atoms with van der Waals surface area (Å²) >= 11 is 6.03. The molecule has 1 fully saturated rings. The van der Waals surface area contributed by atoms with Gasteiger partial charge >= 0.3 is 0 Å². The molecule has 0 saturated carbocycles. The summed E-state index contributed by atoms with van der Waals surface area (Å²) in [4.78, 5) is 18.3. The van der Waals surface area contributed by atoms with Crippen LogP contribution in [0.25, 0.3) is 5.82 Å². The van der Waals surface area contributed by atoms with E-state index in [4.69, 9.17) is 11.6 Å². The Bertz CT molecular complexity index is 1410. The van der Waals surface area contributed by atoms with Gasteiger partial charge < -0.3 is 14.8 Å². The predicted octanol–water partition coefficient (Wildman–Crippen LogP) is 4.44. The third kappa shape index (κ3) is 5.88. The molecule has 1 aliphatic rings. The number of carbonyl (C=O) groups is 1. The van der Waals surface area contributed by atoms with Crippen LogP contribution in [0.2, 0.25) is 5.02 Å². The van der Waals surface area contributed by atoms with Crippen LogP contribution in [0.3, 0.4) is 0 Å². The molecule has 1 aromatic carbocycles. The zero-order valence-electron chi connectivity index (χ0n) is 18.6. The van der Waals surface area contributed by atoms with Gasteiger partial charge in [0.15, 0.2) is 11.6 Å². The lowest BCUT2D eigenvalue weighted by Gasteiger charge is -2.18. The van der Waals surface area contributed by atoms with Crippen molar-refractivity contribution in [2.75, 3.05) is 34.3 Å². The van der Waals surface area contributed by atoms with Crippen LogP contribution in [-0.4, -0.2) is 49.1 Å². The number of carbonyl (C=O) groups excluding carboxylic acids is 1. The van der Waals surface area contributed by atoms with Crippen LogP contribution in [0, 0.1) is 12.7 Å². The maximum atomic E-state index is 14.9.